The number of ether oxygens (including phenoxy) is 2. The van der Waals surface area contributed by atoms with E-state index in [1.54, 1.807) is 6.92 Å². The van der Waals surface area contributed by atoms with E-state index in [2.05, 4.69) is 0 Å². The Morgan fingerprint density at radius 3 is 2.54 bits per heavy atom. The van der Waals surface area contributed by atoms with Crippen molar-refractivity contribution in [2.24, 2.45) is 11.3 Å². The molecule has 1 unspecified atom stereocenters. The van der Waals surface area contributed by atoms with Crippen LogP contribution in [-0.4, -0.2) is 44.0 Å². The van der Waals surface area contributed by atoms with Crippen LogP contribution in [0.3, 0.4) is 0 Å². The molecule has 24 heavy (non-hydrogen) atoms. The zero-order chi connectivity index (χ0) is 17.6. The summed E-state index contributed by atoms with van der Waals surface area (Å²) >= 11 is 0. The van der Waals surface area contributed by atoms with Crippen LogP contribution in [0.1, 0.15) is 45.4 Å². The van der Waals surface area contributed by atoms with Gasteiger partial charge in [-0.15, -0.1) is 0 Å². The third kappa shape index (κ3) is 2.18. The highest BCUT2D eigenvalue weighted by molar-refractivity contribution is 7.55. The summed E-state index contributed by atoms with van der Waals surface area (Å²) in [6, 6.07) is 0. The molecule has 8 heteroatoms. The van der Waals surface area contributed by atoms with Crippen molar-refractivity contribution < 1.29 is 32.7 Å². The van der Waals surface area contributed by atoms with E-state index in [0.29, 0.717) is 25.7 Å². The fraction of sp³-hybridized carbons (Fsp3) is 0.875. The number of esters is 1. The largest absolute Gasteiger partial charge is 0.465 e. The quantitative estimate of drug-likeness (QED) is 0.550. The van der Waals surface area contributed by atoms with Crippen LogP contribution in [-0.2, 0) is 32.7 Å². The van der Waals surface area contributed by atoms with Gasteiger partial charge in [-0.3, -0.25) is 14.2 Å². The van der Waals surface area contributed by atoms with Gasteiger partial charge in [0.05, 0.1) is 23.5 Å². The van der Waals surface area contributed by atoms with Crippen molar-refractivity contribution in [3.63, 3.8) is 0 Å². The number of ketones is 1. The maximum Gasteiger partial charge on any atom is 0.366 e. The molecule has 0 bridgehead atoms. The van der Waals surface area contributed by atoms with Gasteiger partial charge in [-0.1, -0.05) is 12.8 Å². The van der Waals surface area contributed by atoms with Crippen LogP contribution in [0.5, 0.6) is 0 Å². The standard InChI is InChI=1S/C16H25O7P/c1-4-22-14(18)15-8-5-6-9-16(15)11(7-10-15)12(17)13(23-16)24(19,20-2)21-3/h11,13H,4-10H2,1-3H3/t11-,13?,15+,16+/m1/s1. The molecule has 1 heterocycles. The highest BCUT2D eigenvalue weighted by atomic mass is 31.2. The molecule has 3 fully saturated rings. The molecule has 0 aromatic carbocycles. The highest BCUT2D eigenvalue weighted by Crippen LogP contribution is 2.68. The molecule has 7 nitrogen and oxygen atoms in total. The van der Waals surface area contributed by atoms with Gasteiger partial charge in [-0.05, 0) is 32.6 Å². The molecular formula is C16H25O7P. The third-order valence-electron chi connectivity index (χ3n) is 6.01. The average molecular weight is 360 g/mol. The Balaban J connectivity index is 2.03. The monoisotopic (exact) mass is 360 g/mol. The molecule has 2 saturated carbocycles. The van der Waals surface area contributed by atoms with Crippen LogP contribution in [0.2, 0.25) is 0 Å². The van der Waals surface area contributed by atoms with Crippen molar-refractivity contribution in [2.75, 3.05) is 20.8 Å². The molecule has 0 aromatic heterocycles. The van der Waals surface area contributed by atoms with Crippen molar-refractivity contribution in [3.05, 3.63) is 0 Å². The Labute approximate surface area is 141 Å². The Morgan fingerprint density at radius 1 is 1.25 bits per heavy atom. The minimum Gasteiger partial charge on any atom is -0.465 e. The number of carbonyl (C=O) groups is 2. The molecule has 1 aliphatic heterocycles. The average Bonchev–Trinajstić information content (AvgIpc) is 3.08. The number of hydrogen-bond acceptors (Lipinski definition) is 7. The van der Waals surface area contributed by atoms with Crippen LogP contribution >= 0.6 is 7.60 Å². The van der Waals surface area contributed by atoms with Crippen LogP contribution in [0.4, 0.5) is 0 Å². The minimum absolute atomic E-state index is 0.268. The van der Waals surface area contributed by atoms with Gasteiger partial charge in [-0.2, -0.15) is 0 Å². The van der Waals surface area contributed by atoms with Gasteiger partial charge < -0.3 is 18.5 Å². The first kappa shape index (κ1) is 18.1. The predicted octanol–water partition coefficient (Wildman–Crippen LogP) is 2.67. The molecule has 2 aliphatic carbocycles. The van der Waals surface area contributed by atoms with Crippen LogP contribution in [0.15, 0.2) is 0 Å². The number of carbonyl (C=O) groups excluding carboxylic acids is 2. The number of rotatable bonds is 5. The number of Topliss-reactive ketones (excluding diaryl/α,β-unsaturated/α-hetero) is 1. The first-order valence-corrected chi connectivity index (χ1v) is 10.1. The molecule has 0 N–H and O–H groups in total. The zero-order valence-corrected chi connectivity index (χ0v) is 15.3. The Morgan fingerprint density at radius 2 is 1.92 bits per heavy atom. The normalized spacial score (nSPS) is 38.7. The van der Waals surface area contributed by atoms with Crippen LogP contribution in [0.25, 0.3) is 0 Å². The smallest absolute Gasteiger partial charge is 0.366 e. The lowest BCUT2D eigenvalue weighted by Gasteiger charge is -2.46. The fourth-order valence-corrected chi connectivity index (χ4v) is 6.26. The molecule has 4 atom stereocenters. The van der Waals surface area contributed by atoms with Gasteiger partial charge in [-0.25, -0.2) is 0 Å². The second kappa shape index (κ2) is 6.20. The van der Waals surface area contributed by atoms with Crippen molar-refractivity contribution in [3.8, 4) is 0 Å². The van der Waals surface area contributed by atoms with Gasteiger partial charge in [0.2, 0.25) is 5.85 Å². The molecule has 136 valence electrons. The summed E-state index contributed by atoms with van der Waals surface area (Å²) < 4.78 is 34.2. The van der Waals surface area contributed by atoms with Crippen LogP contribution < -0.4 is 0 Å². The molecule has 0 aromatic rings. The SMILES string of the molecule is CCOC(=O)[C@@]12CCCC[C@@]13OC(P(=O)(OC)OC)C(=O)[C@H]3CC2. The van der Waals surface area contributed by atoms with Crippen molar-refractivity contribution in [1.82, 2.24) is 0 Å². The zero-order valence-electron chi connectivity index (χ0n) is 14.4. The third-order valence-corrected chi connectivity index (χ3v) is 7.96. The van der Waals surface area contributed by atoms with E-state index in [0.717, 1.165) is 12.8 Å². The second-order valence-electron chi connectivity index (χ2n) is 6.77. The molecule has 1 saturated heterocycles. The van der Waals surface area contributed by atoms with Crippen molar-refractivity contribution in [2.45, 2.75) is 56.9 Å². The van der Waals surface area contributed by atoms with Gasteiger partial charge in [0.25, 0.3) is 0 Å². The maximum atomic E-state index is 12.9. The summed E-state index contributed by atoms with van der Waals surface area (Å²) in [6.07, 6.45) is 4.09. The Bertz CT molecular complexity index is 583. The summed E-state index contributed by atoms with van der Waals surface area (Å²) in [5.41, 5.74) is -1.77. The summed E-state index contributed by atoms with van der Waals surface area (Å²) in [5, 5.41) is 0. The molecule has 0 radical (unpaired) electrons. The Kier molecular flexibility index (Phi) is 4.67. The lowest BCUT2D eigenvalue weighted by Crippen LogP contribution is -2.55. The van der Waals surface area contributed by atoms with Crippen molar-refractivity contribution in [1.29, 1.82) is 0 Å². The molecular weight excluding hydrogens is 335 g/mol. The Hall–Kier alpha value is -0.750. The maximum absolute atomic E-state index is 12.9. The molecule has 1 spiro atoms. The first-order valence-electron chi connectivity index (χ1n) is 8.51. The minimum atomic E-state index is -3.71. The summed E-state index contributed by atoms with van der Waals surface area (Å²) in [5.74, 6) is -2.28. The predicted molar refractivity (Wildman–Crippen MR) is 84.5 cm³/mol. The topological polar surface area (TPSA) is 88.1 Å². The van der Waals surface area contributed by atoms with E-state index in [4.69, 9.17) is 18.5 Å². The van der Waals surface area contributed by atoms with Gasteiger partial charge in [0.1, 0.15) is 0 Å². The van der Waals surface area contributed by atoms with E-state index in [1.165, 1.54) is 14.2 Å². The van der Waals surface area contributed by atoms with E-state index in [-0.39, 0.29) is 18.4 Å². The van der Waals surface area contributed by atoms with Crippen molar-refractivity contribution >= 4 is 19.3 Å². The lowest BCUT2D eigenvalue weighted by molar-refractivity contribution is -0.186. The fourth-order valence-electron chi connectivity index (χ4n) is 4.92. The molecule has 3 aliphatic rings. The molecule has 3 rings (SSSR count). The van der Waals surface area contributed by atoms with E-state index < -0.39 is 30.4 Å². The highest BCUT2D eigenvalue weighted by Gasteiger charge is 2.74. The van der Waals surface area contributed by atoms with E-state index in [1.807, 2.05) is 0 Å². The second-order valence-corrected chi connectivity index (χ2v) is 9.05. The van der Waals surface area contributed by atoms with E-state index >= 15 is 0 Å². The molecule has 0 amide bonds. The van der Waals surface area contributed by atoms with E-state index in [9.17, 15) is 14.2 Å². The van der Waals surface area contributed by atoms with Gasteiger partial charge >= 0.3 is 13.6 Å². The van der Waals surface area contributed by atoms with Gasteiger partial charge in [0, 0.05) is 14.2 Å². The number of hydrogen-bond donors (Lipinski definition) is 0. The first-order chi connectivity index (χ1) is 11.4. The van der Waals surface area contributed by atoms with Gasteiger partial charge in [0.15, 0.2) is 5.78 Å². The van der Waals surface area contributed by atoms with Crippen LogP contribution in [0, 0.1) is 11.3 Å². The summed E-state index contributed by atoms with van der Waals surface area (Å²) in [4.78, 5) is 25.7. The summed E-state index contributed by atoms with van der Waals surface area (Å²) in [7, 11) is -1.22. The lowest BCUT2D eigenvalue weighted by atomic mass is 9.63. The summed E-state index contributed by atoms with van der Waals surface area (Å²) in [6.45, 7) is 2.05.